The number of rotatable bonds is 7. The Balaban J connectivity index is 1.39. The van der Waals surface area contributed by atoms with Gasteiger partial charge in [-0.25, -0.2) is 9.67 Å². The van der Waals surface area contributed by atoms with Crippen molar-refractivity contribution in [1.82, 2.24) is 34.3 Å². The van der Waals surface area contributed by atoms with Crippen LogP contribution in [0.4, 0.5) is 5.82 Å². The third-order valence-electron chi connectivity index (χ3n) is 6.35. The minimum Gasteiger partial charge on any atom is -0.473 e. The third kappa shape index (κ3) is 4.27. The highest BCUT2D eigenvalue weighted by Gasteiger charge is 2.27. The van der Waals surface area contributed by atoms with Gasteiger partial charge in [0.2, 0.25) is 5.88 Å². The molecule has 1 N–H and O–H groups in total. The van der Waals surface area contributed by atoms with Crippen LogP contribution in [0.25, 0.3) is 22.2 Å². The lowest BCUT2D eigenvalue weighted by Gasteiger charge is -2.29. The van der Waals surface area contributed by atoms with Gasteiger partial charge in [0.15, 0.2) is 0 Å². The van der Waals surface area contributed by atoms with Gasteiger partial charge in [0, 0.05) is 61.7 Å². The van der Waals surface area contributed by atoms with Crippen LogP contribution in [0.5, 0.6) is 5.88 Å². The van der Waals surface area contributed by atoms with Crippen LogP contribution in [0, 0.1) is 0 Å². The molecular formula is C24H30N8O2. The Morgan fingerprint density at radius 3 is 2.65 bits per heavy atom. The molecule has 4 heterocycles. The van der Waals surface area contributed by atoms with Gasteiger partial charge in [-0.05, 0) is 39.5 Å². The first-order valence-electron chi connectivity index (χ1n) is 11.9. The summed E-state index contributed by atoms with van der Waals surface area (Å²) in [4.78, 5) is 16.4. The number of pyridine rings is 1. The molecule has 4 aromatic rings. The summed E-state index contributed by atoms with van der Waals surface area (Å²) in [5, 5.41) is 18.0. The minimum atomic E-state index is -0.111. The van der Waals surface area contributed by atoms with E-state index in [4.69, 9.17) is 9.84 Å². The number of nitrogens with one attached hydrogen (secondary N) is 1. The van der Waals surface area contributed by atoms with Crippen LogP contribution in [0.2, 0.25) is 0 Å². The summed E-state index contributed by atoms with van der Waals surface area (Å²) < 4.78 is 11.5. The molecule has 0 unspecified atom stereocenters. The van der Waals surface area contributed by atoms with Crippen molar-refractivity contribution in [2.24, 2.45) is 7.05 Å². The maximum absolute atomic E-state index is 11.8. The van der Waals surface area contributed by atoms with E-state index in [0.717, 1.165) is 60.2 Å². The second-order valence-corrected chi connectivity index (χ2v) is 8.69. The normalized spacial score (nSPS) is 18.3. The van der Waals surface area contributed by atoms with Gasteiger partial charge < -0.3 is 10.1 Å². The number of aromatic nitrogens is 7. The molecule has 1 aliphatic rings. The zero-order valence-electron chi connectivity index (χ0n) is 19.8. The summed E-state index contributed by atoms with van der Waals surface area (Å²) in [5.74, 6) is 1.36. The summed E-state index contributed by atoms with van der Waals surface area (Å²) in [7, 11) is 1.91. The zero-order chi connectivity index (χ0) is 23.7. The fraction of sp³-hybridized carbons (Fsp3) is 0.458. The van der Waals surface area contributed by atoms with Gasteiger partial charge in [-0.3, -0.25) is 14.2 Å². The molecule has 5 rings (SSSR count). The highest BCUT2D eigenvalue weighted by Crippen LogP contribution is 2.36. The molecule has 0 bridgehead atoms. The molecule has 34 heavy (non-hydrogen) atoms. The molecule has 4 aromatic heterocycles. The Bertz CT molecular complexity index is 1350. The van der Waals surface area contributed by atoms with Gasteiger partial charge in [0.1, 0.15) is 17.6 Å². The molecule has 10 heteroatoms. The van der Waals surface area contributed by atoms with Gasteiger partial charge in [-0.15, -0.1) is 5.10 Å². The molecule has 0 amide bonds. The zero-order valence-corrected chi connectivity index (χ0v) is 19.8. The van der Waals surface area contributed by atoms with E-state index in [9.17, 15) is 4.79 Å². The molecular weight excluding hydrogens is 432 g/mol. The molecule has 1 aliphatic carbocycles. The van der Waals surface area contributed by atoms with Crippen LogP contribution in [0.3, 0.4) is 0 Å². The number of aryl methyl sites for hydroxylation is 2. The lowest BCUT2D eigenvalue weighted by atomic mass is 9.93. The van der Waals surface area contributed by atoms with Crippen LogP contribution >= 0.6 is 0 Å². The summed E-state index contributed by atoms with van der Waals surface area (Å²) in [5.41, 5.74) is 2.85. The lowest BCUT2D eigenvalue weighted by molar-refractivity contribution is 0.123. The van der Waals surface area contributed by atoms with Crippen molar-refractivity contribution in [1.29, 1.82) is 0 Å². The smallest absolute Gasteiger partial charge is 0.266 e. The first-order valence-corrected chi connectivity index (χ1v) is 11.9. The largest absolute Gasteiger partial charge is 0.473 e. The van der Waals surface area contributed by atoms with E-state index in [1.807, 2.05) is 32.6 Å². The van der Waals surface area contributed by atoms with Crippen LogP contribution in [0.15, 0.2) is 41.6 Å². The van der Waals surface area contributed by atoms with E-state index in [1.54, 1.807) is 10.7 Å². The predicted molar refractivity (Wildman–Crippen MR) is 130 cm³/mol. The molecule has 1 saturated carbocycles. The number of fused-ring (bicyclic) bond motifs is 1. The summed E-state index contributed by atoms with van der Waals surface area (Å²) in [6, 6.07) is 5.54. The van der Waals surface area contributed by atoms with Crippen molar-refractivity contribution in [3.8, 4) is 17.1 Å². The van der Waals surface area contributed by atoms with Crippen molar-refractivity contribution in [2.45, 2.75) is 58.2 Å². The monoisotopic (exact) mass is 462 g/mol. The predicted octanol–water partition coefficient (Wildman–Crippen LogP) is 3.40. The molecule has 0 aliphatic heterocycles. The summed E-state index contributed by atoms with van der Waals surface area (Å²) in [6.07, 6.45) is 9.49. The fourth-order valence-corrected chi connectivity index (χ4v) is 4.64. The molecule has 178 valence electrons. The number of hydrogen-bond acceptors (Lipinski definition) is 7. The van der Waals surface area contributed by atoms with E-state index >= 15 is 0 Å². The average molecular weight is 463 g/mol. The van der Waals surface area contributed by atoms with E-state index in [1.165, 1.54) is 10.7 Å². The van der Waals surface area contributed by atoms with Crippen molar-refractivity contribution < 1.29 is 4.74 Å². The Morgan fingerprint density at radius 2 is 1.94 bits per heavy atom. The van der Waals surface area contributed by atoms with Gasteiger partial charge in [-0.1, -0.05) is 0 Å². The van der Waals surface area contributed by atoms with E-state index in [2.05, 4.69) is 38.2 Å². The summed E-state index contributed by atoms with van der Waals surface area (Å²) >= 11 is 0. The highest BCUT2D eigenvalue weighted by molar-refractivity contribution is 5.93. The van der Waals surface area contributed by atoms with Crippen molar-refractivity contribution in [3.63, 3.8) is 0 Å². The van der Waals surface area contributed by atoms with Gasteiger partial charge >= 0.3 is 0 Å². The third-order valence-corrected chi connectivity index (χ3v) is 6.35. The molecule has 0 spiro atoms. The standard InChI is InChI=1S/C24H30N8O2/c1-4-25-21-12-20-19(14-26-21)24(16-13-27-30(3)15-16)29-32(20)17-6-8-18(9-7-17)34-22-10-11-23(33)31(5-2)28-22/h10-15,17-18H,4-9H2,1-3H3,(H,25,26). The second-order valence-electron chi connectivity index (χ2n) is 8.69. The quantitative estimate of drug-likeness (QED) is 0.449. The summed E-state index contributed by atoms with van der Waals surface area (Å²) in [6.45, 7) is 5.30. The highest BCUT2D eigenvalue weighted by atomic mass is 16.5. The number of anilines is 1. The van der Waals surface area contributed by atoms with E-state index < -0.39 is 0 Å². The Morgan fingerprint density at radius 1 is 1.12 bits per heavy atom. The van der Waals surface area contributed by atoms with Crippen molar-refractivity contribution >= 4 is 16.7 Å². The minimum absolute atomic E-state index is 0.0742. The fourth-order valence-electron chi connectivity index (χ4n) is 4.64. The van der Waals surface area contributed by atoms with Crippen LogP contribution in [-0.4, -0.2) is 47.0 Å². The Kier molecular flexibility index (Phi) is 6.04. The van der Waals surface area contributed by atoms with Crippen LogP contribution in [-0.2, 0) is 13.6 Å². The average Bonchev–Trinajstić information content (AvgIpc) is 3.44. The maximum Gasteiger partial charge on any atom is 0.266 e. The van der Waals surface area contributed by atoms with Crippen LogP contribution < -0.4 is 15.6 Å². The van der Waals surface area contributed by atoms with Crippen molar-refractivity contribution in [2.75, 3.05) is 11.9 Å². The lowest BCUT2D eigenvalue weighted by Crippen LogP contribution is -2.28. The SMILES string of the molecule is CCNc1cc2c(cn1)c(-c1cnn(C)c1)nn2C1CCC(Oc2ccc(=O)n(CC)n2)CC1. The van der Waals surface area contributed by atoms with Crippen LogP contribution in [0.1, 0.15) is 45.6 Å². The van der Waals surface area contributed by atoms with E-state index in [0.29, 0.717) is 12.4 Å². The topological polar surface area (TPSA) is 105 Å². The second kappa shape index (κ2) is 9.28. The molecule has 0 aromatic carbocycles. The first-order chi connectivity index (χ1) is 16.6. The molecule has 0 radical (unpaired) electrons. The van der Waals surface area contributed by atoms with Gasteiger partial charge in [-0.2, -0.15) is 10.2 Å². The van der Waals surface area contributed by atoms with Gasteiger partial charge in [0.05, 0.1) is 17.8 Å². The van der Waals surface area contributed by atoms with E-state index in [-0.39, 0.29) is 17.7 Å². The number of ether oxygens (including phenoxy) is 1. The Labute approximate surface area is 197 Å². The molecule has 1 fully saturated rings. The number of hydrogen-bond donors (Lipinski definition) is 1. The molecule has 0 saturated heterocycles. The van der Waals surface area contributed by atoms with Crippen molar-refractivity contribution in [3.05, 3.63) is 47.1 Å². The number of nitrogens with zero attached hydrogens (tertiary/aromatic N) is 7. The Hall–Kier alpha value is -3.69. The van der Waals surface area contributed by atoms with Gasteiger partial charge in [0.25, 0.3) is 5.56 Å². The first kappa shape index (κ1) is 22.1. The molecule has 0 atom stereocenters. The maximum atomic E-state index is 11.8. The molecule has 10 nitrogen and oxygen atoms in total.